The van der Waals surface area contributed by atoms with Gasteiger partial charge in [-0.25, -0.2) is 4.79 Å². The molecule has 1 saturated carbocycles. The Morgan fingerprint density at radius 3 is 2.69 bits per heavy atom. The number of carbonyl (C=O) groups is 1. The maximum Gasteiger partial charge on any atom is 0.315 e. The second-order valence-electron chi connectivity index (χ2n) is 4.74. The molecule has 0 radical (unpaired) electrons. The van der Waals surface area contributed by atoms with Gasteiger partial charge in [-0.2, -0.15) is 11.8 Å². The summed E-state index contributed by atoms with van der Waals surface area (Å²) in [5.41, 5.74) is -0.827. The molecule has 0 saturated heterocycles. The highest BCUT2D eigenvalue weighted by molar-refractivity contribution is 7.98. The van der Waals surface area contributed by atoms with Gasteiger partial charge in [0, 0.05) is 18.3 Å². The van der Waals surface area contributed by atoms with Crippen molar-refractivity contribution in [1.82, 2.24) is 10.6 Å². The summed E-state index contributed by atoms with van der Waals surface area (Å²) in [7, 11) is 0. The Morgan fingerprint density at radius 1 is 1.50 bits per heavy atom. The smallest absolute Gasteiger partial charge is 0.315 e. The van der Waals surface area contributed by atoms with Crippen LogP contribution in [0.25, 0.3) is 0 Å². The molecule has 4 nitrogen and oxygen atoms in total. The summed E-state index contributed by atoms with van der Waals surface area (Å²) in [6.45, 7) is 2.03. The van der Waals surface area contributed by atoms with Gasteiger partial charge >= 0.3 is 6.03 Å². The lowest BCUT2D eigenvalue weighted by molar-refractivity contribution is 0.0868. The number of thioether (sulfide) groups is 1. The molecule has 0 aromatic heterocycles. The fourth-order valence-corrected chi connectivity index (χ4v) is 2.66. The van der Waals surface area contributed by atoms with Gasteiger partial charge in [-0.15, -0.1) is 0 Å². The molecular formula is C11H22N2O2S. The van der Waals surface area contributed by atoms with Crippen LogP contribution in [0.1, 0.15) is 32.6 Å². The highest BCUT2D eigenvalue weighted by Crippen LogP contribution is 2.17. The number of aliphatic hydroxyl groups is 1. The number of hydrogen-bond donors (Lipinski definition) is 3. The molecule has 0 spiro atoms. The lowest BCUT2D eigenvalue weighted by Gasteiger charge is -2.23. The zero-order valence-electron chi connectivity index (χ0n) is 10.1. The molecule has 0 aliphatic heterocycles. The van der Waals surface area contributed by atoms with E-state index >= 15 is 0 Å². The third-order valence-corrected chi connectivity index (χ3v) is 3.69. The minimum absolute atomic E-state index is 0.159. The summed E-state index contributed by atoms with van der Waals surface area (Å²) in [5.74, 6) is 0.622. The fraction of sp³-hybridized carbons (Fsp3) is 0.909. The van der Waals surface area contributed by atoms with Crippen molar-refractivity contribution >= 4 is 17.8 Å². The molecule has 0 aromatic rings. The summed E-state index contributed by atoms with van der Waals surface area (Å²) in [5, 5.41) is 15.5. The number of hydrogen-bond acceptors (Lipinski definition) is 3. The number of amides is 2. The topological polar surface area (TPSA) is 61.4 Å². The van der Waals surface area contributed by atoms with E-state index < -0.39 is 5.60 Å². The Balaban J connectivity index is 2.18. The van der Waals surface area contributed by atoms with Gasteiger partial charge in [-0.05, 0) is 26.0 Å². The summed E-state index contributed by atoms with van der Waals surface area (Å²) in [6, 6.07) is 0.166. The van der Waals surface area contributed by atoms with E-state index in [2.05, 4.69) is 10.6 Å². The van der Waals surface area contributed by atoms with Crippen LogP contribution in [-0.4, -0.2) is 41.3 Å². The van der Waals surface area contributed by atoms with Crippen molar-refractivity contribution in [2.45, 2.75) is 44.2 Å². The molecule has 1 unspecified atom stereocenters. The zero-order chi connectivity index (χ0) is 12.0. The molecule has 0 aromatic carbocycles. The molecule has 2 amide bonds. The quantitative estimate of drug-likeness (QED) is 0.686. The summed E-state index contributed by atoms with van der Waals surface area (Å²) < 4.78 is 0. The Labute approximate surface area is 102 Å². The molecule has 0 heterocycles. The van der Waals surface area contributed by atoms with E-state index in [-0.39, 0.29) is 6.03 Å². The highest BCUT2D eigenvalue weighted by atomic mass is 32.2. The highest BCUT2D eigenvalue weighted by Gasteiger charge is 2.22. The van der Waals surface area contributed by atoms with Crippen LogP contribution in [-0.2, 0) is 0 Å². The number of rotatable bonds is 5. The van der Waals surface area contributed by atoms with Gasteiger partial charge in [0.25, 0.3) is 0 Å². The monoisotopic (exact) mass is 246 g/mol. The molecule has 1 aliphatic carbocycles. The SMILES string of the molecule is CSCC(C)(O)CNC(=O)NC1CCCC1. The molecule has 0 bridgehead atoms. The average molecular weight is 246 g/mol. The van der Waals surface area contributed by atoms with Gasteiger partial charge in [-0.3, -0.25) is 0 Å². The third kappa shape index (κ3) is 5.07. The number of carbonyl (C=O) groups excluding carboxylic acids is 1. The van der Waals surface area contributed by atoms with Crippen LogP contribution in [0, 0.1) is 0 Å². The summed E-state index contributed by atoms with van der Waals surface area (Å²) in [6.07, 6.45) is 6.50. The number of urea groups is 1. The summed E-state index contributed by atoms with van der Waals surface area (Å²) in [4.78, 5) is 11.5. The zero-order valence-corrected chi connectivity index (χ0v) is 10.9. The van der Waals surface area contributed by atoms with Crippen molar-refractivity contribution in [1.29, 1.82) is 0 Å². The Bertz CT molecular complexity index is 228. The van der Waals surface area contributed by atoms with Gasteiger partial charge in [0.2, 0.25) is 0 Å². The van der Waals surface area contributed by atoms with E-state index in [1.54, 1.807) is 18.7 Å². The van der Waals surface area contributed by atoms with E-state index in [9.17, 15) is 9.90 Å². The van der Waals surface area contributed by atoms with Crippen LogP contribution >= 0.6 is 11.8 Å². The Hall–Kier alpha value is -0.420. The predicted octanol–water partition coefficient (Wildman–Crippen LogP) is 1.34. The Kier molecular flexibility index (Phi) is 5.41. The average Bonchev–Trinajstić information content (AvgIpc) is 2.68. The lowest BCUT2D eigenvalue weighted by Crippen LogP contribution is -2.48. The molecular weight excluding hydrogens is 224 g/mol. The van der Waals surface area contributed by atoms with Crippen molar-refractivity contribution in [3.05, 3.63) is 0 Å². The first kappa shape index (κ1) is 13.6. The van der Waals surface area contributed by atoms with Crippen molar-refractivity contribution in [2.24, 2.45) is 0 Å². The largest absolute Gasteiger partial charge is 0.387 e. The molecule has 1 aliphatic rings. The van der Waals surface area contributed by atoms with Crippen LogP contribution in [0.4, 0.5) is 4.79 Å². The van der Waals surface area contributed by atoms with Crippen LogP contribution < -0.4 is 10.6 Å². The molecule has 1 atom stereocenters. The first-order chi connectivity index (χ1) is 7.53. The molecule has 5 heteroatoms. The van der Waals surface area contributed by atoms with Crippen LogP contribution in [0.5, 0.6) is 0 Å². The van der Waals surface area contributed by atoms with E-state index in [1.165, 1.54) is 12.8 Å². The van der Waals surface area contributed by atoms with Crippen molar-refractivity contribution < 1.29 is 9.90 Å². The fourth-order valence-electron chi connectivity index (χ4n) is 1.94. The first-order valence-electron chi connectivity index (χ1n) is 5.79. The van der Waals surface area contributed by atoms with Crippen LogP contribution in [0.3, 0.4) is 0 Å². The lowest BCUT2D eigenvalue weighted by atomic mass is 10.1. The molecule has 3 N–H and O–H groups in total. The van der Waals surface area contributed by atoms with Crippen molar-refractivity contribution in [3.63, 3.8) is 0 Å². The number of nitrogens with one attached hydrogen (secondary N) is 2. The van der Waals surface area contributed by atoms with E-state index in [0.717, 1.165) is 12.8 Å². The second kappa shape index (κ2) is 6.35. The van der Waals surface area contributed by atoms with Gasteiger partial charge in [0.1, 0.15) is 0 Å². The molecule has 1 rings (SSSR count). The van der Waals surface area contributed by atoms with Gasteiger partial charge in [-0.1, -0.05) is 12.8 Å². The van der Waals surface area contributed by atoms with Crippen LogP contribution in [0.15, 0.2) is 0 Å². The first-order valence-corrected chi connectivity index (χ1v) is 7.18. The summed E-state index contributed by atoms with van der Waals surface area (Å²) >= 11 is 1.57. The minimum Gasteiger partial charge on any atom is -0.387 e. The van der Waals surface area contributed by atoms with Gasteiger partial charge in [0.15, 0.2) is 0 Å². The molecule has 16 heavy (non-hydrogen) atoms. The standard InChI is InChI=1S/C11H22N2O2S/c1-11(15,8-16-2)7-12-10(14)13-9-5-3-4-6-9/h9,15H,3-8H2,1-2H3,(H2,12,13,14). The Morgan fingerprint density at radius 2 is 2.12 bits per heavy atom. The maximum absolute atomic E-state index is 11.5. The molecule has 1 fully saturated rings. The van der Waals surface area contributed by atoms with E-state index in [4.69, 9.17) is 0 Å². The normalized spacial score (nSPS) is 20.4. The van der Waals surface area contributed by atoms with Crippen LogP contribution in [0.2, 0.25) is 0 Å². The minimum atomic E-state index is -0.827. The molecule has 94 valence electrons. The van der Waals surface area contributed by atoms with E-state index in [0.29, 0.717) is 18.3 Å². The van der Waals surface area contributed by atoms with E-state index in [1.807, 2.05) is 6.26 Å². The van der Waals surface area contributed by atoms with Crippen molar-refractivity contribution in [2.75, 3.05) is 18.6 Å². The predicted molar refractivity (Wildman–Crippen MR) is 67.8 cm³/mol. The van der Waals surface area contributed by atoms with Gasteiger partial charge in [0.05, 0.1) is 5.60 Å². The van der Waals surface area contributed by atoms with Gasteiger partial charge < -0.3 is 15.7 Å². The maximum atomic E-state index is 11.5. The van der Waals surface area contributed by atoms with Crippen molar-refractivity contribution in [3.8, 4) is 0 Å². The second-order valence-corrected chi connectivity index (χ2v) is 5.60. The third-order valence-electron chi connectivity index (χ3n) is 2.78.